The van der Waals surface area contributed by atoms with Crippen LogP contribution in [0.15, 0.2) is 41.2 Å². The molecule has 3 heterocycles. The molecule has 3 aromatic heterocycles. The molecule has 1 atom stereocenters. The van der Waals surface area contributed by atoms with E-state index in [1.54, 1.807) is 16.0 Å². The van der Waals surface area contributed by atoms with Crippen LogP contribution in [0.5, 0.6) is 0 Å². The first-order chi connectivity index (χ1) is 16.1. The van der Waals surface area contributed by atoms with Gasteiger partial charge in [0, 0.05) is 24.3 Å². The van der Waals surface area contributed by atoms with E-state index in [-0.39, 0.29) is 17.5 Å². The molecule has 6 nitrogen and oxygen atoms in total. The van der Waals surface area contributed by atoms with Gasteiger partial charge in [0.1, 0.15) is 11.3 Å². The molecule has 33 heavy (non-hydrogen) atoms. The van der Waals surface area contributed by atoms with Crippen molar-refractivity contribution >= 4 is 33.0 Å². The second-order valence-electron chi connectivity index (χ2n) is 8.79. The van der Waals surface area contributed by atoms with E-state index >= 15 is 0 Å². The van der Waals surface area contributed by atoms with Crippen molar-refractivity contribution in [3.05, 3.63) is 68.6 Å². The number of rotatable bonds is 7. The number of hydrogen-bond donors (Lipinski definition) is 1. The monoisotopic (exact) mass is 462 g/mol. The Morgan fingerprint density at radius 3 is 2.85 bits per heavy atom. The highest BCUT2D eigenvalue weighted by atomic mass is 32.1. The molecule has 1 aliphatic carbocycles. The number of fused-ring (bicyclic) bond motifs is 4. The van der Waals surface area contributed by atoms with Gasteiger partial charge in [0.15, 0.2) is 0 Å². The number of aromatic nitrogens is 3. The number of thiophene rings is 1. The highest BCUT2D eigenvalue weighted by Crippen LogP contribution is 2.30. The first-order valence-corrected chi connectivity index (χ1v) is 12.8. The van der Waals surface area contributed by atoms with Gasteiger partial charge in [0.05, 0.1) is 16.3 Å². The minimum absolute atomic E-state index is 0.0387. The molecule has 0 aliphatic heterocycles. The average molecular weight is 463 g/mol. The topological polar surface area (TPSA) is 68.4 Å². The fourth-order valence-electron chi connectivity index (χ4n) is 4.95. The second-order valence-corrected chi connectivity index (χ2v) is 9.96. The number of hydrogen-bond acceptors (Lipinski definition) is 4. The van der Waals surface area contributed by atoms with Crippen LogP contribution in [0, 0.1) is 0 Å². The summed E-state index contributed by atoms with van der Waals surface area (Å²) < 4.78 is 4.68. The highest BCUT2D eigenvalue weighted by Gasteiger charge is 2.21. The normalized spacial score (nSPS) is 15.8. The Balaban J connectivity index is 1.29. The summed E-state index contributed by atoms with van der Waals surface area (Å²) in [6, 6.07) is 12.6. The van der Waals surface area contributed by atoms with E-state index in [1.807, 2.05) is 16.5 Å². The maximum Gasteiger partial charge on any atom is 0.291 e. The summed E-state index contributed by atoms with van der Waals surface area (Å²) >= 11 is 1.74. The Morgan fingerprint density at radius 1 is 1.18 bits per heavy atom. The van der Waals surface area contributed by atoms with Crippen LogP contribution in [-0.2, 0) is 30.6 Å². The highest BCUT2D eigenvalue weighted by molar-refractivity contribution is 7.19. The molecule has 1 aromatic carbocycles. The molecule has 4 aromatic rings. The van der Waals surface area contributed by atoms with Crippen molar-refractivity contribution in [2.45, 2.75) is 71.4 Å². The van der Waals surface area contributed by atoms with Crippen molar-refractivity contribution in [2.24, 2.45) is 0 Å². The fraction of sp³-hybridized carbons (Fsp3) is 0.423. The van der Waals surface area contributed by atoms with Gasteiger partial charge in [-0.2, -0.15) is 5.10 Å². The SMILES string of the molecule is CCc1cc2c(cc3c(=O)n(CCCC(=O)N[C@@H]4CCCc5ccccc54)nc(CC)n32)s1. The van der Waals surface area contributed by atoms with Crippen molar-refractivity contribution in [2.75, 3.05) is 0 Å². The summed E-state index contributed by atoms with van der Waals surface area (Å²) in [7, 11) is 0. The number of carbonyl (C=O) groups is 1. The number of amides is 1. The zero-order valence-electron chi connectivity index (χ0n) is 19.3. The predicted molar refractivity (Wildman–Crippen MR) is 133 cm³/mol. The van der Waals surface area contributed by atoms with Gasteiger partial charge in [0.25, 0.3) is 5.56 Å². The van der Waals surface area contributed by atoms with Crippen LogP contribution in [0.2, 0.25) is 0 Å². The van der Waals surface area contributed by atoms with Gasteiger partial charge in [-0.15, -0.1) is 11.3 Å². The largest absolute Gasteiger partial charge is 0.349 e. The van der Waals surface area contributed by atoms with E-state index in [0.29, 0.717) is 24.9 Å². The standard InChI is InChI=1S/C26H30N4O2S/c1-3-18-15-21-23(33-18)16-22-26(32)29(28-24(4-2)30(21)22)14-8-13-25(31)27-20-12-7-10-17-9-5-6-11-19(17)20/h5-6,9,11,15-16,20H,3-4,7-8,10,12-14H2,1-2H3,(H,27,31)/t20-/m1/s1. The molecule has 172 valence electrons. The van der Waals surface area contributed by atoms with Crippen molar-refractivity contribution < 1.29 is 4.79 Å². The van der Waals surface area contributed by atoms with Gasteiger partial charge in [0.2, 0.25) is 5.91 Å². The Hall–Kier alpha value is -2.93. The molecule has 0 radical (unpaired) electrons. The quantitative estimate of drug-likeness (QED) is 0.429. The minimum atomic E-state index is -0.0877. The lowest BCUT2D eigenvalue weighted by atomic mass is 9.87. The van der Waals surface area contributed by atoms with Crippen LogP contribution in [0.1, 0.15) is 67.4 Å². The first kappa shape index (κ1) is 21.9. The van der Waals surface area contributed by atoms with Crippen LogP contribution >= 0.6 is 11.3 Å². The zero-order valence-corrected chi connectivity index (χ0v) is 20.1. The van der Waals surface area contributed by atoms with E-state index in [2.05, 4.69) is 48.5 Å². The lowest BCUT2D eigenvalue weighted by molar-refractivity contribution is -0.122. The Kier molecular flexibility index (Phi) is 6.06. The van der Waals surface area contributed by atoms with Gasteiger partial charge in [-0.1, -0.05) is 38.1 Å². The number of nitrogens with one attached hydrogen (secondary N) is 1. The van der Waals surface area contributed by atoms with E-state index in [4.69, 9.17) is 0 Å². The maximum absolute atomic E-state index is 13.1. The van der Waals surface area contributed by atoms with Gasteiger partial charge in [-0.25, -0.2) is 4.68 Å². The Labute approximate surface area is 197 Å². The summed E-state index contributed by atoms with van der Waals surface area (Å²) in [6.45, 7) is 4.65. The summed E-state index contributed by atoms with van der Waals surface area (Å²) in [5.74, 6) is 0.917. The van der Waals surface area contributed by atoms with Crippen molar-refractivity contribution in [1.29, 1.82) is 0 Å². The third kappa shape index (κ3) is 4.10. The fourth-order valence-corrected chi connectivity index (χ4v) is 5.98. The molecule has 1 amide bonds. The van der Waals surface area contributed by atoms with Crippen molar-refractivity contribution in [1.82, 2.24) is 19.5 Å². The molecule has 0 saturated carbocycles. The predicted octanol–water partition coefficient (Wildman–Crippen LogP) is 4.81. The number of carbonyl (C=O) groups excluding carboxylic acids is 1. The lowest BCUT2D eigenvalue weighted by Crippen LogP contribution is -2.31. The molecule has 0 saturated heterocycles. The molecule has 0 unspecified atom stereocenters. The molecule has 7 heteroatoms. The van der Waals surface area contributed by atoms with E-state index < -0.39 is 0 Å². The summed E-state index contributed by atoms with van der Waals surface area (Å²) in [6.07, 6.45) is 5.84. The molecular weight excluding hydrogens is 432 g/mol. The average Bonchev–Trinajstić information content (AvgIpc) is 3.39. The van der Waals surface area contributed by atoms with Crippen LogP contribution in [0.4, 0.5) is 0 Å². The number of aryl methyl sites for hydroxylation is 4. The Morgan fingerprint density at radius 2 is 2.03 bits per heavy atom. The van der Waals surface area contributed by atoms with Gasteiger partial charge in [-0.3, -0.25) is 14.0 Å². The summed E-state index contributed by atoms with van der Waals surface area (Å²) in [5.41, 5.74) is 4.24. The smallest absolute Gasteiger partial charge is 0.291 e. The molecular formula is C26H30N4O2S. The van der Waals surface area contributed by atoms with Gasteiger partial charge < -0.3 is 5.32 Å². The molecule has 5 rings (SSSR count). The van der Waals surface area contributed by atoms with Crippen LogP contribution in [0.25, 0.3) is 15.7 Å². The third-order valence-electron chi connectivity index (χ3n) is 6.63. The van der Waals surface area contributed by atoms with Crippen LogP contribution < -0.4 is 10.9 Å². The molecule has 1 N–H and O–H groups in total. The summed E-state index contributed by atoms with van der Waals surface area (Å²) in [5, 5.41) is 7.86. The Bertz CT molecular complexity index is 1380. The molecule has 1 aliphatic rings. The molecule has 0 fully saturated rings. The number of benzene rings is 1. The minimum Gasteiger partial charge on any atom is -0.349 e. The third-order valence-corrected chi connectivity index (χ3v) is 7.85. The van der Waals surface area contributed by atoms with Crippen LogP contribution in [0.3, 0.4) is 0 Å². The van der Waals surface area contributed by atoms with E-state index in [1.165, 1.54) is 16.0 Å². The van der Waals surface area contributed by atoms with Gasteiger partial charge >= 0.3 is 0 Å². The zero-order chi connectivity index (χ0) is 22.9. The second kappa shape index (κ2) is 9.14. The summed E-state index contributed by atoms with van der Waals surface area (Å²) in [4.78, 5) is 27.1. The first-order valence-electron chi connectivity index (χ1n) is 12.0. The van der Waals surface area contributed by atoms with Crippen molar-refractivity contribution in [3.8, 4) is 0 Å². The van der Waals surface area contributed by atoms with E-state index in [9.17, 15) is 9.59 Å². The number of nitrogens with zero attached hydrogens (tertiary/aromatic N) is 3. The lowest BCUT2D eigenvalue weighted by Gasteiger charge is -2.26. The van der Waals surface area contributed by atoms with Gasteiger partial charge in [-0.05, 0) is 55.4 Å². The maximum atomic E-state index is 13.1. The van der Waals surface area contributed by atoms with Crippen LogP contribution in [-0.4, -0.2) is 20.1 Å². The molecule has 0 bridgehead atoms. The van der Waals surface area contributed by atoms with Crippen molar-refractivity contribution in [3.63, 3.8) is 0 Å². The van der Waals surface area contributed by atoms with E-state index in [0.717, 1.165) is 48.1 Å². The molecule has 0 spiro atoms.